The van der Waals surface area contributed by atoms with Crippen LogP contribution in [0.15, 0.2) is 47.5 Å². The second-order valence-corrected chi connectivity index (χ2v) is 6.23. The van der Waals surface area contributed by atoms with Crippen molar-refractivity contribution in [3.63, 3.8) is 0 Å². The van der Waals surface area contributed by atoms with Crippen molar-refractivity contribution < 1.29 is 0 Å². The Labute approximate surface area is 134 Å². The molecule has 1 N–H and O–H groups in total. The number of piperidine rings is 1. The van der Waals surface area contributed by atoms with Crippen molar-refractivity contribution in [2.45, 2.75) is 18.9 Å². The zero-order valence-electron chi connectivity index (χ0n) is 13.2. The highest BCUT2D eigenvalue weighted by Crippen LogP contribution is 2.26. The maximum absolute atomic E-state index is 11.5. The van der Waals surface area contributed by atoms with E-state index in [1.54, 1.807) is 17.7 Å². The van der Waals surface area contributed by atoms with E-state index in [1.807, 2.05) is 12.3 Å². The Morgan fingerprint density at radius 3 is 2.65 bits per heavy atom. The van der Waals surface area contributed by atoms with Gasteiger partial charge in [-0.25, -0.2) is 0 Å². The summed E-state index contributed by atoms with van der Waals surface area (Å²) in [6.45, 7) is 2.12. The Balaban J connectivity index is 1.72. The fourth-order valence-electron chi connectivity index (χ4n) is 3.25. The Bertz CT molecular complexity index is 903. The van der Waals surface area contributed by atoms with Gasteiger partial charge in [0.15, 0.2) is 0 Å². The minimum absolute atomic E-state index is 0.00792. The standard InChI is InChI=1S/C18H20N4O/c1-21-11-14(3-5-18(21)23)13-2-4-17-15(10-13)12-22(20-17)16-6-8-19-9-7-16/h2-5,10-12,16,19H,6-9H2,1H3. The van der Waals surface area contributed by atoms with Crippen molar-refractivity contribution in [3.8, 4) is 11.1 Å². The SMILES string of the molecule is Cn1cc(-c2ccc3nn(C4CCNCC4)cc3c2)ccc1=O. The average Bonchev–Trinajstić information content (AvgIpc) is 3.01. The molecule has 1 aliphatic rings. The molecule has 5 nitrogen and oxygen atoms in total. The number of aromatic nitrogens is 3. The maximum Gasteiger partial charge on any atom is 0.250 e. The summed E-state index contributed by atoms with van der Waals surface area (Å²) >= 11 is 0. The molecule has 0 aliphatic carbocycles. The average molecular weight is 308 g/mol. The molecule has 0 saturated carbocycles. The van der Waals surface area contributed by atoms with Crippen molar-refractivity contribution in [1.29, 1.82) is 0 Å². The van der Waals surface area contributed by atoms with Crippen LogP contribution in [0.4, 0.5) is 0 Å². The highest BCUT2D eigenvalue weighted by Gasteiger charge is 2.16. The van der Waals surface area contributed by atoms with Crippen molar-refractivity contribution in [2.75, 3.05) is 13.1 Å². The number of benzene rings is 1. The van der Waals surface area contributed by atoms with Gasteiger partial charge in [-0.3, -0.25) is 9.48 Å². The molecular formula is C18H20N4O. The molecule has 0 radical (unpaired) electrons. The summed E-state index contributed by atoms with van der Waals surface area (Å²) in [5.41, 5.74) is 3.19. The molecule has 5 heteroatoms. The number of fused-ring (bicyclic) bond motifs is 1. The van der Waals surface area contributed by atoms with Crippen LogP contribution in [0.2, 0.25) is 0 Å². The van der Waals surface area contributed by atoms with Crippen molar-refractivity contribution in [2.24, 2.45) is 7.05 Å². The van der Waals surface area contributed by atoms with Crippen LogP contribution in [0.5, 0.6) is 0 Å². The van der Waals surface area contributed by atoms with Gasteiger partial charge in [0, 0.05) is 30.9 Å². The van der Waals surface area contributed by atoms with Crippen LogP contribution in [0, 0.1) is 0 Å². The number of nitrogens with zero attached hydrogens (tertiary/aromatic N) is 3. The molecule has 0 unspecified atom stereocenters. The van der Waals surface area contributed by atoms with E-state index in [9.17, 15) is 4.79 Å². The van der Waals surface area contributed by atoms with Crippen molar-refractivity contribution in [3.05, 3.63) is 53.1 Å². The van der Waals surface area contributed by atoms with Crippen LogP contribution >= 0.6 is 0 Å². The quantitative estimate of drug-likeness (QED) is 0.790. The smallest absolute Gasteiger partial charge is 0.250 e. The lowest BCUT2D eigenvalue weighted by Crippen LogP contribution is -2.29. The van der Waals surface area contributed by atoms with E-state index in [2.05, 4.69) is 34.4 Å². The molecule has 1 aromatic carbocycles. The van der Waals surface area contributed by atoms with E-state index in [4.69, 9.17) is 5.10 Å². The predicted molar refractivity (Wildman–Crippen MR) is 91.6 cm³/mol. The number of hydrogen-bond donors (Lipinski definition) is 1. The van der Waals surface area contributed by atoms with Gasteiger partial charge >= 0.3 is 0 Å². The van der Waals surface area contributed by atoms with E-state index in [1.165, 1.54) is 0 Å². The molecule has 23 heavy (non-hydrogen) atoms. The molecule has 1 aliphatic heterocycles. The summed E-state index contributed by atoms with van der Waals surface area (Å²) in [5, 5.41) is 9.27. The van der Waals surface area contributed by atoms with Crippen molar-refractivity contribution >= 4 is 10.9 Å². The summed E-state index contributed by atoms with van der Waals surface area (Å²) in [6, 6.07) is 10.3. The molecule has 2 aromatic heterocycles. The van der Waals surface area contributed by atoms with Crippen molar-refractivity contribution in [1.82, 2.24) is 19.7 Å². The first kappa shape index (κ1) is 14.2. The third-order valence-electron chi connectivity index (χ3n) is 4.62. The third-order valence-corrected chi connectivity index (χ3v) is 4.62. The zero-order chi connectivity index (χ0) is 15.8. The Hall–Kier alpha value is -2.40. The van der Waals surface area contributed by atoms with Crippen LogP contribution < -0.4 is 10.9 Å². The van der Waals surface area contributed by atoms with Gasteiger partial charge in [-0.2, -0.15) is 5.10 Å². The predicted octanol–water partition coefficient (Wildman–Crippen LogP) is 2.33. The van der Waals surface area contributed by atoms with E-state index < -0.39 is 0 Å². The van der Waals surface area contributed by atoms with E-state index in [-0.39, 0.29) is 5.56 Å². The summed E-state index contributed by atoms with van der Waals surface area (Å²) in [7, 11) is 1.78. The molecule has 0 spiro atoms. The minimum Gasteiger partial charge on any atom is -0.318 e. The first-order valence-corrected chi connectivity index (χ1v) is 8.07. The number of rotatable bonds is 2. The van der Waals surface area contributed by atoms with Gasteiger partial charge < -0.3 is 9.88 Å². The molecule has 0 atom stereocenters. The number of pyridine rings is 1. The molecule has 3 aromatic rings. The highest BCUT2D eigenvalue weighted by molar-refractivity contribution is 5.84. The van der Waals surface area contributed by atoms with Gasteiger partial charge in [0.05, 0.1) is 11.6 Å². The topological polar surface area (TPSA) is 51.9 Å². The third kappa shape index (κ3) is 2.68. The molecular weight excluding hydrogens is 288 g/mol. The monoisotopic (exact) mass is 308 g/mol. The molecule has 0 amide bonds. The van der Waals surface area contributed by atoms with Gasteiger partial charge in [-0.1, -0.05) is 6.07 Å². The lowest BCUT2D eigenvalue weighted by atomic mass is 10.1. The second-order valence-electron chi connectivity index (χ2n) is 6.23. The fourth-order valence-corrected chi connectivity index (χ4v) is 3.25. The molecule has 3 heterocycles. The van der Waals surface area contributed by atoms with Gasteiger partial charge in [-0.15, -0.1) is 0 Å². The Morgan fingerprint density at radius 1 is 1.09 bits per heavy atom. The van der Waals surface area contributed by atoms with Crippen LogP contribution in [0.25, 0.3) is 22.0 Å². The summed E-state index contributed by atoms with van der Waals surface area (Å²) < 4.78 is 3.73. The summed E-state index contributed by atoms with van der Waals surface area (Å²) in [5.74, 6) is 0. The largest absolute Gasteiger partial charge is 0.318 e. The lowest BCUT2D eigenvalue weighted by Gasteiger charge is -2.22. The number of hydrogen-bond acceptors (Lipinski definition) is 3. The molecule has 4 rings (SSSR count). The minimum atomic E-state index is 0.00792. The first-order valence-electron chi connectivity index (χ1n) is 8.07. The normalized spacial score (nSPS) is 16.0. The van der Waals surface area contributed by atoms with Gasteiger partial charge in [0.25, 0.3) is 0 Å². The lowest BCUT2D eigenvalue weighted by molar-refractivity contribution is 0.345. The van der Waals surface area contributed by atoms with E-state index in [0.29, 0.717) is 6.04 Å². The van der Waals surface area contributed by atoms with Crippen LogP contribution in [-0.4, -0.2) is 27.4 Å². The maximum atomic E-state index is 11.5. The van der Waals surface area contributed by atoms with E-state index in [0.717, 1.165) is 48.0 Å². The Kier molecular flexibility index (Phi) is 3.50. The van der Waals surface area contributed by atoms with Gasteiger partial charge in [-0.05, 0) is 55.3 Å². The first-order chi connectivity index (χ1) is 11.2. The summed E-state index contributed by atoms with van der Waals surface area (Å²) in [4.78, 5) is 11.5. The number of nitrogens with one attached hydrogen (secondary N) is 1. The number of aryl methyl sites for hydroxylation is 1. The fraction of sp³-hybridized carbons (Fsp3) is 0.333. The summed E-state index contributed by atoms with van der Waals surface area (Å²) in [6.07, 6.45) is 6.28. The second kappa shape index (κ2) is 5.66. The Morgan fingerprint density at radius 2 is 1.87 bits per heavy atom. The molecule has 118 valence electrons. The molecule has 0 bridgehead atoms. The highest BCUT2D eigenvalue weighted by atomic mass is 16.1. The van der Waals surface area contributed by atoms with Crippen LogP contribution in [-0.2, 0) is 7.05 Å². The molecule has 1 saturated heterocycles. The van der Waals surface area contributed by atoms with E-state index >= 15 is 0 Å². The zero-order valence-corrected chi connectivity index (χ0v) is 13.2. The van der Waals surface area contributed by atoms with Crippen LogP contribution in [0.1, 0.15) is 18.9 Å². The van der Waals surface area contributed by atoms with Gasteiger partial charge in [0.1, 0.15) is 0 Å². The molecule has 1 fully saturated rings. The van der Waals surface area contributed by atoms with Gasteiger partial charge in [0.2, 0.25) is 5.56 Å². The van der Waals surface area contributed by atoms with Crippen LogP contribution in [0.3, 0.4) is 0 Å².